The second-order valence-electron chi connectivity index (χ2n) is 9.99. The van der Waals surface area contributed by atoms with Crippen molar-refractivity contribution >= 4 is 13.2 Å². The lowest BCUT2D eigenvalue weighted by Crippen LogP contribution is -2.44. The summed E-state index contributed by atoms with van der Waals surface area (Å²) in [6.07, 6.45) is 4.02. The van der Waals surface area contributed by atoms with Gasteiger partial charge in [0.15, 0.2) is 0 Å². The van der Waals surface area contributed by atoms with Crippen molar-refractivity contribution in [3.8, 4) is 0 Å². The minimum absolute atomic E-state index is 0.124. The molecule has 2 heterocycles. The number of rotatable bonds is 1. The predicted molar refractivity (Wildman–Crippen MR) is 98.5 cm³/mol. The van der Waals surface area contributed by atoms with Crippen molar-refractivity contribution in [2.75, 3.05) is 6.54 Å². The van der Waals surface area contributed by atoms with Crippen LogP contribution in [-0.2, 0) is 14.0 Å². The van der Waals surface area contributed by atoms with Crippen molar-refractivity contribution in [1.82, 2.24) is 4.90 Å². The minimum Gasteiger partial charge on any atom is -0.444 e. The number of amides is 1. The highest BCUT2D eigenvalue weighted by Crippen LogP contribution is 2.48. The van der Waals surface area contributed by atoms with Crippen LogP contribution >= 0.6 is 0 Å². The fourth-order valence-corrected chi connectivity index (χ4v) is 4.35. The smallest absolute Gasteiger partial charge is 0.444 e. The van der Waals surface area contributed by atoms with Gasteiger partial charge in [0.1, 0.15) is 5.60 Å². The number of hydrogen-bond acceptors (Lipinski definition) is 4. The van der Waals surface area contributed by atoms with Gasteiger partial charge in [0.2, 0.25) is 0 Å². The van der Waals surface area contributed by atoms with Crippen molar-refractivity contribution < 1.29 is 18.8 Å². The molecule has 0 spiro atoms. The van der Waals surface area contributed by atoms with Gasteiger partial charge >= 0.3 is 13.2 Å². The molecule has 0 aromatic rings. The highest BCUT2D eigenvalue weighted by molar-refractivity contribution is 6.47. The van der Waals surface area contributed by atoms with Gasteiger partial charge in [-0.1, -0.05) is 6.42 Å². The van der Waals surface area contributed by atoms with Crippen LogP contribution in [0.15, 0.2) is 0 Å². The molecule has 3 aliphatic rings. The van der Waals surface area contributed by atoms with E-state index in [9.17, 15) is 4.79 Å². The zero-order valence-electron chi connectivity index (χ0n) is 16.9. The monoisotopic (exact) mass is 351 g/mol. The Balaban J connectivity index is 1.61. The molecule has 0 aromatic heterocycles. The van der Waals surface area contributed by atoms with Crippen molar-refractivity contribution in [2.45, 2.75) is 103 Å². The largest absolute Gasteiger partial charge is 0.461 e. The Labute approximate surface area is 152 Å². The summed E-state index contributed by atoms with van der Waals surface area (Å²) >= 11 is 0. The highest BCUT2D eigenvalue weighted by atomic mass is 16.7. The summed E-state index contributed by atoms with van der Waals surface area (Å²) in [6.45, 7) is 15.0. The van der Waals surface area contributed by atoms with Gasteiger partial charge in [-0.05, 0) is 79.5 Å². The maximum Gasteiger partial charge on any atom is 0.461 e. The number of carbonyl (C=O) groups excluding carboxylic acids is 1. The second-order valence-corrected chi connectivity index (χ2v) is 9.99. The molecule has 2 aliphatic heterocycles. The molecule has 0 bridgehead atoms. The molecule has 25 heavy (non-hydrogen) atoms. The average molecular weight is 351 g/mol. The van der Waals surface area contributed by atoms with Gasteiger partial charge < -0.3 is 18.9 Å². The molecule has 0 radical (unpaired) electrons. The van der Waals surface area contributed by atoms with Crippen LogP contribution in [0.1, 0.15) is 74.1 Å². The number of fused-ring (bicyclic) bond motifs is 1. The van der Waals surface area contributed by atoms with Crippen molar-refractivity contribution in [2.24, 2.45) is 5.92 Å². The van der Waals surface area contributed by atoms with Gasteiger partial charge in [-0.3, -0.25) is 0 Å². The lowest BCUT2D eigenvalue weighted by Gasteiger charge is -2.36. The first-order chi connectivity index (χ1) is 11.4. The van der Waals surface area contributed by atoms with E-state index in [1.54, 1.807) is 0 Å². The van der Waals surface area contributed by atoms with Crippen LogP contribution < -0.4 is 0 Å². The minimum atomic E-state index is -0.435. The van der Waals surface area contributed by atoms with Gasteiger partial charge in [-0.25, -0.2) is 4.79 Å². The number of nitrogens with zero attached hydrogens (tertiary/aromatic N) is 1. The Bertz CT molecular complexity index is 512. The normalized spacial score (nSPS) is 34.1. The van der Waals surface area contributed by atoms with Crippen LogP contribution in [0.2, 0.25) is 5.82 Å². The lowest BCUT2D eigenvalue weighted by molar-refractivity contribution is 0.00578. The zero-order valence-corrected chi connectivity index (χ0v) is 16.9. The van der Waals surface area contributed by atoms with E-state index in [0.29, 0.717) is 17.8 Å². The predicted octanol–water partition coefficient (Wildman–Crippen LogP) is 4.26. The Hall–Kier alpha value is -0.745. The fourth-order valence-electron chi connectivity index (χ4n) is 4.35. The molecule has 1 saturated carbocycles. The lowest BCUT2D eigenvalue weighted by atomic mass is 9.61. The van der Waals surface area contributed by atoms with E-state index in [1.807, 2.05) is 25.7 Å². The molecule has 0 N–H and O–H groups in total. The number of likely N-dealkylation sites (tertiary alicyclic amines) is 1. The molecule has 142 valence electrons. The summed E-state index contributed by atoms with van der Waals surface area (Å²) in [4.78, 5) is 14.4. The first-order valence-electron chi connectivity index (χ1n) is 9.75. The van der Waals surface area contributed by atoms with Crippen LogP contribution in [0.5, 0.6) is 0 Å². The first kappa shape index (κ1) is 19.0. The average Bonchev–Trinajstić information content (AvgIpc) is 2.95. The molecule has 3 unspecified atom stereocenters. The Morgan fingerprint density at radius 3 is 2.24 bits per heavy atom. The SMILES string of the molecule is CC(C)(C)OC(=O)N1CCC2CC(B3OC(C)(C)C(C)(C)O3)CCC21. The maximum atomic E-state index is 12.5. The first-order valence-corrected chi connectivity index (χ1v) is 9.75. The number of carbonyl (C=O) groups is 1. The Morgan fingerprint density at radius 1 is 1.08 bits per heavy atom. The van der Waals surface area contributed by atoms with E-state index in [-0.39, 0.29) is 24.4 Å². The molecule has 1 amide bonds. The molecule has 6 heteroatoms. The Morgan fingerprint density at radius 2 is 1.68 bits per heavy atom. The summed E-state index contributed by atoms with van der Waals surface area (Å²) < 4.78 is 18.1. The van der Waals surface area contributed by atoms with E-state index in [4.69, 9.17) is 14.0 Å². The molecule has 3 fully saturated rings. The molecular formula is C19H34BNO4. The summed E-state index contributed by atoms with van der Waals surface area (Å²) in [5, 5.41) is 0. The van der Waals surface area contributed by atoms with Crippen molar-refractivity contribution in [3.63, 3.8) is 0 Å². The quantitative estimate of drug-likeness (QED) is 0.663. The van der Waals surface area contributed by atoms with Gasteiger partial charge in [0, 0.05) is 12.6 Å². The molecule has 2 saturated heterocycles. The summed E-state index contributed by atoms with van der Waals surface area (Å²) in [5.74, 6) is 0.950. The van der Waals surface area contributed by atoms with E-state index in [1.165, 1.54) is 0 Å². The number of hydrogen-bond donors (Lipinski definition) is 0. The molecule has 5 nitrogen and oxygen atoms in total. The van der Waals surface area contributed by atoms with E-state index in [0.717, 1.165) is 32.2 Å². The summed E-state index contributed by atoms with van der Waals surface area (Å²) in [5.41, 5.74) is -0.978. The highest BCUT2D eigenvalue weighted by Gasteiger charge is 2.55. The second kappa shape index (κ2) is 6.16. The molecule has 0 aromatic carbocycles. The molecule has 1 aliphatic carbocycles. The van der Waals surface area contributed by atoms with Gasteiger partial charge in [0.05, 0.1) is 11.2 Å². The molecule has 3 rings (SSSR count). The third kappa shape index (κ3) is 3.70. The van der Waals surface area contributed by atoms with Crippen molar-refractivity contribution in [1.29, 1.82) is 0 Å². The maximum absolute atomic E-state index is 12.5. The van der Waals surface area contributed by atoms with Gasteiger partial charge in [-0.15, -0.1) is 0 Å². The van der Waals surface area contributed by atoms with E-state index >= 15 is 0 Å². The topological polar surface area (TPSA) is 48.0 Å². The zero-order chi connectivity index (χ0) is 18.6. The van der Waals surface area contributed by atoms with Crippen LogP contribution in [0.25, 0.3) is 0 Å². The van der Waals surface area contributed by atoms with Crippen molar-refractivity contribution in [3.05, 3.63) is 0 Å². The van der Waals surface area contributed by atoms with Gasteiger partial charge in [-0.2, -0.15) is 0 Å². The van der Waals surface area contributed by atoms with Gasteiger partial charge in [0.25, 0.3) is 0 Å². The third-order valence-corrected chi connectivity index (χ3v) is 6.41. The number of ether oxygens (including phenoxy) is 1. The van der Waals surface area contributed by atoms with E-state index < -0.39 is 5.60 Å². The van der Waals surface area contributed by atoms with Crippen LogP contribution in [-0.4, -0.2) is 47.5 Å². The van der Waals surface area contributed by atoms with Crippen LogP contribution in [0, 0.1) is 5.92 Å². The standard InChI is InChI=1S/C19H34BNO4/c1-17(2,3)23-16(22)21-11-10-13-12-14(8-9-15(13)21)20-24-18(4,5)19(6,7)25-20/h13-15H,8-12H2,1-7H3. The fraction of sp³-hybridized carbons (Fsp3) is 0.947. The van der Waals surface area contributed by atoms with Crippen LogP contribution in [0.3, 0.4) is 0 Å². The van der Waals surface area contributed by atoms with E-state index in [2.05, 4.69) is 27.7 Å². The van der Waals surface area contributed by atoms with Crippen LogP contribution in [0.4, 0.5) is 4.79 Å². The summed E-state index contributed by atoms with van der Waals surface area (Å²) in [7, 11) is -0.124. The third-order valence-electron chi connectivity index (χ3n) is 6.41. The molecule has 3 atom stereocenters. The Kier molecular flexibility index (Phi) is 4.69. The summed E-state index contributed by atoms with van der Waals surface area (Å²) in [6, 6.07) is 0.313. The molecular weight excluding hydrogens is 317 g/mol.